The molecule has 1 aliphatic rings. The summed E-state index contributed by atoms with van der Waals surface area (Å²) in [6, 6.07) is 17.9. The second-order valence-electron chi connectivity index (χ2n) is 6.29. The molecule has 5 heteroatoms. The summed E-state index contributed by atoms with van der Waals surface area (Å²) in [6.07, 6.45) is 6.48. The summed E-state index contributed by atoms with van der Waals surface area (Å²) in [5, 5.41) is 0. The Kier molecular flexibility index (Phi) is 4.96. The Morgan fingerprint density at radius 1 is 1.00 bits per heavy atom. The Morgan fingerprint density at radius 2 is 1.85 bits per heavy atom. The highest BCUT2D eigenvalue weighted by molar-refractivity contribution is 5.45. The fraction of sp³-hybridized carbons (Fsp3) is 0.238. The highest BCUT2D eigenvalue weighted by Crippen LogP contribution is 2.23. The van der Waals surface area contributed by atoms with E-state index in [9.17, 15) is 0 Å². The summed E-state index contributed by atoms with van der Waals surface area (Å²) in [4.78, 5) is 10.8. The first-order chi connectivity index (χ1) is 12.9. The van der Waals surface area contributed by atoms with E-state index in [4.69, 9.17) is 9.47 Å². The maximum atomic E-state index is 6.02. The van der Waals surface area contributed by atoms with Gasteiger partial charge in [0.05, 0.1) is 12.7 Å². The third-order valence-corrected chi connectivity index (χ3v) is 4.42. The second-order valence-corrected chi connectivity index (χ2v) is 6.29. The molecule has 26 heavy (non-hydrogen) atoms. The van der Waals surface area contributed by atoms with Crippen molar-refractivity contribution in [3.8, 4) is 11.6 Å². The zero-order chi connectivity index (χ0) is 17.6. The Morgan fingerprint density at radius 3 is 2.62 bits per heavy atom. The first kappa shape index (κ1) is 16.4. The van der Waals surface area contributed by atoms with E-state index in [1.54, 1.807) is 6.20 Å². The van der Waals surface area contributed by atoms with Gasteiger partial charge in [-0.25, -0.2) is 4.98 Å². The SMILES string of the molecule is c1ccc(COc2ccc(OC3CCN(c4ccncc4)C3)nc2)cc1. The van der Waals surface area contributed by atoms with Gasteiger partial charge in [-0.1, -0.05) is 30.3 Å². The number of hydrogen-bond donors (Lipinski definition) is 0. The van der Waals surface area contributed by atoms with Crippen LogP contribution in [0.1, 0.15) is 12.0 Å². The smallest absolute Gasteiger partial charge is 0.213 e. The van der Waals surface area contributed by atoms with Gasteiger partial charge in [-0.2, -0.15) is 0 Å². The summed E-state index contributed by atoms with van der Waals surface area (Å²) in [5.41, 5.74) is 2.32. The van der Waals surface area contributed by atoms with Gasteiger partial charge in [0.15, 0.2) is 0 Å². The van der Waals surface area contributed by atoms with Crippen molar-refractivity contribution in [2.75, 3.05) is 18.0 Å². The molecule has 1 unspecified atom stereocenters. The largest absolute Gasteiger partial charge is 0.487 e. The van der Waals surface area contributed by atoms with Crippen molar-refractivity contribution in [2.24, 2.45) is 0 Å². The van der Waals surface area contributed by atoms with Gasteiger partial charge in [0, 0.05) is 37.1 Å². The van der Waals surface area contributed by atoms with E-state index in [2.05, 4.69) is 14.9 Å². The van der Waals surface area contributed by atoms with Gasteiger partial charge in [0.2, 0.25) is 5.88 Å². The Balaban J connectivity index is 1.29. The topological polar surface area (TPSA) is 47.5 Å². The first-order valence-corrected chi connectivity index (χ1v) is 8.81. The predicted octanol–water partition coefficient (Wildman–Crippen LogP) is 3.71. The Bertz CT molecular complexity index is 810. The fourth-order valence-corrected chi connectivity index (χ4v) is 3.05. The normalized spacial score (nSPS) is 16.5. The van der Waals surface area contributed by atoms with E-state index in [1.165, 1.54) is 5.69 Å². The molecule has 5 nitrogen and oxygen atoms in total. The molecule has 1 atom stereocenters. The summed E-state index contributed by atoms with van der Waals surface area (Å²) in [5.74, 6) is 1.38. The van der Waals surface area contributed by atoms with Crippen LogP contribution in [-0.4, -0.2) is 29.2 Å². The molecular weight excluding hydrogens is 326 g/mol. The number of hydrogen-bond acceptors (Lipinski definition) is 5. The number of nitrogens with zero attached hydrogens (tertiary/aromatic N) is 3. The first-order valence-electron chi connectivity index (χ1n) is 8.81. The predicted molar refractivity (Wildman–Crippen MR) is 100 cm³/mol. The minimum atomic E-state index is 0.145. The second kappa shape index (κ2) is 7.87. The molecule has 0 bridgehead atoms. The molecule has 1 aromatic carbocycles. The number of anilines is 1. The molecule has 3 aromatic rings. The van der Waals surface area contributed by atoms with Gasteiger partial charge in [-0.05, 0) is 23.8 Å². The zero-order valence-corrected chi connectivity index (χ0v) is 14.5. The minimum absolute atomic E-state index is 0.145. The molecule has 0 saturated carbocycles. The van der Waals surface area contributed by atoms with Gasteiger partial charge in [0.1, 0.15) is 18.5 Å². The van der Waals surface area contributed by atoms with Crippen LogP contribution in [0.4, 0.5) is 5.69 Å². The van der Waals surface area contributed by atoms with Crippen molar-refractivity contribution in [1.29, 1.82) is 0 Å². The van der Waals surface area contributed by atoms with E-state index in [-0.39, 0.29) is 6.10 Å². The van der Waals surface area contributed by atoms with Crippen molar-refractivity contribution in [1.82, 2.24) is 9.97 Å². The molecule has 0 radical (unpaired) electrons. The molecule has 132 valence electrons. The molecule has 0 amide bonds. The lowest BCUT2D eigenvalue weighted by Gasteiger charge is -2.18. The summed E-state index contributed by atoms with van der Waals surface area (Å²) < 4.78 is 11.8. The molecule has 1 saturated heterocycles. The van der Waals surface area contributed by atoms with Crippen LogP contribution in [0, 0.1) is 0 Å². The van der Waals surface area contributed by atoms with E-state index in [1.807, 2.05) is 67.0 Å². The van der Waals surface area contributed by atoms with E-state index in [0.717, 1.165) is 30.8 Å². The molecule has 3 heterocycles. The van der Waals surface area contributed by atoms with Crippen LogP contribution >= 0.6 is 0 Å². The number of aromatic nitrogens is 2. The lowest BCUT2D eigenvalue weighted by Crippen LogP contribution is -2.24. The molecule has 0 aliphatic carbocycles. The van der Waals surface area contributed by atoms with Gasteiger partial charge in [0.25, 0.3) is 0 Å². The van der Waals surface area contributed by atoms with Crippen molar-refractivity contribution in [2.45, 2.75) is 19.1 Å². The maximum absolute atomic E-state index is 6.02. The van der Waals surface area contributed by atoms with Crippen LogP contribution in [0.2, 0.25) is 0 Å². The maximum Gasteiger partial charge on any atom is 0.213 e. The number of rotatable bonds is 6. The Labute approximate surface area is 153 Å². The fourth-order valence-electron chi connectivity index (χ4n) is 3.05. The van der Waals surface area contributed by atoms with Gasteiger partial charge >= 0.3 is 0 Å². The average Bonchev–Trinajstić information content (AvgIpc) is 3.17. The highest BCUT2D eigenvalue weighted by Gasteiger charge is 2.24. The molecule has 1 fully saturated rings. The number of benzene rings is 1. The van der Waals surface area contributed by atoms with E-state index in [0.29, 0.717) is 12.5 Å². The third-order valence-electron chi connectivity index (χ3n) is 4.42. The van der Waals surface area contributed by atoms with Gasteiger partial charge in [-0.15, -0.1) is 0 Å². The van der Waals surface area contributed by atoms with Crippen molar-refractivity contribution in [3.05, 3.63) is 78.8 Å². The molecule has 4 rings (SSSR count). The summed E-state index contributed by atoms with van der Waals surface area (Å²) in [7, 11) is 0. The molecule has 1 aliphatic heterocycles. The van der Waals surface area contributed by atoms with Crippen molar-refractivity contribution >= 4 is 5.69 Å². The Hall–Kier alpha value is -3.08. The summed E-state index contributed by atoms with van der Waals surface area (Å²) in [6.45, 7) is 2.37. The quantitative estimate of drug-likeness (QED) is 0.680. The van der Waals surface area contributed by atoms with Gasteiger partial charge in [-0.3, -0.25) is 4.98 Å². The van der Waals surface area contributed by atoms with Crippen LogP contribution < -0.4 is 14.4 Å². The standard InChI is InChI=1S/C21H21N3O2/c1-2-4-17(5-3-1)16-25-19-6-7-21(23-14-19)26-20-10-13-24(15-20)18-8-11-22-12-9-18/h1-9,11-12,14,20H,10,13,15-16H2. The van der Waals surface area contributed by atoms with Crippen molar-refractivity contribution < 1.29 is 9.47 Å². The monoisotopic (exact) mass is 347 g/mol. The molecule has 0 spiro atoms. The summed E-state index contributed by atoms with van der Waals surface area (Å²) >= 11 is 0. The molecule has 2 aromatic heterocycles. The van der Waals surface area contributed by atoms with Crippen molar-refractivity contribution in [3.63, 3.8) is 0 Å². The van der Waals surface area contributed by atoms with E-state index < -0.39 is 0 Å². The number of ether oxygens (including phenoxy) is 2. The van der Waals surface area contributed by atoms with Crippen LogP contribution in [0.3, 0.4) is 0 Å². The van der Waals surface area contributed by atoms with Crippen LogP contribution in [-0.2, 0) is 6.61 Å². The van der Waals surface area contributed by atoms with Crippen LogP contribution in [0.5, 0.6) is 11.6 Å². The average molecular weight is 347 g/mol. The number of pyridine rings is 2. The van der Waals surface area contributed by atoms with Crippen LogP contribution in [0.25, 0.3) is 0 Å². The van der Waals surface area contributed by atoms with Crippen LogP contribution in [0.15, 0.2) is 73.2 Å². The van der Waals surface area contributed by atoms with E-state index >= 15 is 0 Å². The lowest BCUT2D eigenvalue weighted by molar-refractivity contribution is 0.215. The zero-order valence-electron chi connectivity index (χ0n) is 14.5. The third kappa shape index (κ3) is 4.11. The molecular formula is C21H21N3O2. The minimum Gasteiger partial charge on any atom is -0.487 e. The van der Waals surface area contributed by atoms with Gasteiger partial charge < -0.3 is 14.4 Å². The lowest BCUT2D eigenvalue weighted by atomic mass is 10.2. The highest BCUT2D eigenvalue weighted by atomic mass is 16.5. The molecule has 0 N–H and O–H groups in total.